The maximum Gasteiger partial charge on any atom is 0.325 e. The smallest absolute Gasteiger partial charge is 0.325 e. The normalized spacial score (nSPS) is 22.8. The first-order valence-electron chi connectivity index (χ1n) is 6.05. The van der Waals surface area contributed by atoms with Crippen LogP contribution in [0, 0.1) is 5.82 Å². The summed E-state index contributed by atoms with van der Waals surface area (Å²) in [5, 5.41) is 2.64. The Hall–Kier alpha value is -2.11. The summed E-state index contributed by atoms with van der Waals surface area (Å²) in [5.41, 5.74) is 5.61. The molecule has 2 rings (SSSR count). The zero-order valence-corrected chi connectivity index (χ0v) is 10.9. The monoisotopic (exact) mass is 265 g/mol. The van der Waals surface area contributed by atoms with Crippen molar-refractivity contribution in [1.29, 1.82) is 0 Å². The standard InChI is InChI=1S/C13H16FN3O2/c1-3-13(2)11(18)17(12(19)16-13)7-8-6-9(14)4-5-10(8)15/h4-6H,3,7,15H2,1-2H3,(H,16,19). The number of nitrogens with two attached hydrogens (primary N) is 1. The Balaban J connectivity index is 2.27. The third-order valence-corrected chi connectivity index (χ3v) is 3.49. The minimum atomic E-state index is -0.890. The number of anilines is 1. The molecule has 19 heavy (non-hydrogen) atoms. The number of amides is 3. The van der Waals surface area contributed by atoms with Gasteiger partial charge in [-0.05, 0) is 37.1 Å². The highest BCUT2D eigenvalue weighted by Crippen LogP contribution is 2.24. The maximum absolute atomic E-state index is 13.2. The van der Waals surface area contributed by atoms with Gasteiger partial charge in [-0.2, -0.15) is 0 Å². The van der Waals surface area contributed by atoms with E-state index >= 15 is 0 Å². The predicted octanol–water partition coefficient (Wildman–Crippen LogP) is 1.63. The van der Waals surface area contributed by atoms with Gasteiger partial charge in [0, 0.05) is 5.69 Å². The molecule has 1 atom stereocenters. The van der Waals surface area contributed by atoms with Crippen LogP contribution in [-0.4, -0.2) is 22.4 Å². The Kier molecular flexibility index (Phi) is 3.18. The number of imide groups is 1. The van der Waals surface area contributed by atoms with Gasteiger partial charge in [-0.25, -0.2) is 9.18 Å². The Morgan fingerprint density at radius 3 is 2.68 bits per heavy atom. The zero-order valence-electron chi connectivity index (χ0n) is 10.9. The van der Waals surface area contributed by atoms with Gasteiger partial charge in [0.1, 0.15) is 11.4 Å². The lowest BCUT2D eigenvalue weighted by Crippen LogP contribution is -2.43. The number of nitrogens with one attached hydrogen (secondary N) is 1. The Morgan fingerprint density at radius 2 is 2.11 bits per heavy atom. The fourth-order valence-electron chi connectivity index (χ4n) is 2.01. The van der Waals surface area contributed by atoms with Crippen molar-refractivity contribution in [2.24, 2.45) is 0 Å². The highest BCUT2D eigenvalue weighted by atomic mass is 19.1. The average molecular weight is 265 g/mol. The van der Waals surface area contributed by atoms with Gasteiger partial charge < -0.3 is 11.1 Å². The fraction of sp³-hybridized carbons (Fsp3) is 0.385. The molecule has 1 aromatic carbocycles. The first-order valence-corrected chi connectivity index (χ1v) is 6.05. The summed E-state index contributed by atoms with van der Waals surface area (Å²) >= 11 is 0. The third-order valence-electron chi connectivity index (χ3n) is 3.49. The van der Waals surface area contributed by atoms with E-state index in [1.54, 1.807) is 6.92 Å². The van der Waals surface area contributed by atoms with E-state index in [1.165, 1.54) is 18.2 Å². The van der Waals surface area contributed by atoms with Crippen LogP contribution in [0.5, 0.6) is 0 Å². The Labute approximate surface area is 110 Å². The van der Waals surface area contributed by atoms with Crippen molar-refractivity contribution >= 4 is 17.6 Å². The molecule has 3 amide bonds. The van der Waals surface area contributed by atoms with Gasteiger partial charge >= 0.3 is 6.03 Å². The molecule has 0 bridgehead atoms. The Morgan fingerprint density at radius 1 is 1.42 bits per heavy atom. The SMILES string of the molecule is CCC1(C)NC(=O)N(Cc2cc(F)ccc2N)C1=O. The molecular weight excluding hydrogens is 249 g/mol. The van der Waals surface area contributed by atoms with Crippen molar-refractivity contribution < 1.29 is 14.0 Å². The molecule has 1 fully saturated rings. The second-order valence-electron chi connectivity index (χ2n) is 4.85. The van der Waals surface area contributed by atoms with E-state index < -0.39 is 17.4 Å². The number of urea groups is 1. The summed E-state index contributed by atoms with van der Waals surface area (Å²) in [5.74, 6) is -0.766. The molecule has 0 saturated carbocycles. The topological polar surface area (TPSA) is 75.4 Å². The van der Waals surface area contributed by atoms with Crippen molar-refractivity contribution in [2.45, 2.75) is 32.4 Å². The highest BCUT2D eigenvalue weighted by Gasteiger charge is 2.46. The molecule has 1 unspecified atom stereocenters. The predicted molar refractivity (Wildman–Crippen MR) is 68.6 cm³/mol. The number of benzene rings is 1. The van der Waals surface area contributed by atoms with Gasteiger partial charge in [0.25, 0.3) is 5.91 Å². The van der Waals surface area contributed by atoms with Crippen LogP contribution < -0.4 is 11.1 Å². The number of carbonyl (C=O) groups excluding carboxylic acids is 2. The van der Waals surface area contributed by atoms with Crippen LogP contribution >= 0.6 is 0 Å². The highest BCUT2D eigenvalue weighted by molar-refractivity contribution is 6.06. The number of carbonyl (C=O) groups is 2. The zero-order chi connectivity index (χ0) is 14.2. The summed E-state index contributed by atoms with van der Waals surface area (Å²) in [6.45, 7) is 3.46. The van der Waals surface area contributed by atoms with Crippen LogP contribution in [0.4, 0.5) is 14.9 Å². The number of nitrogens with zero attached hydrogens (tertiary/aromatic N) is 1. The van der Waals surface area contributed by atoms with E-state index in [2.05, 4.69) is 5.32 Å². The van der Waals surface area contributed by atoms with Crippen LogP contribution in [0.1, 0.15) is 25.8 Å². The Bertz CT molecular complexity index is 547. The molecule has 3 N–H and O–H groups in total. The van der Waals surface area contributed by atoms with Crippen molar-refractivity contribution in [2.75, 3.05) is 5.73 Å². The van der Waals surface area contributed by atoms with Crippen LogP contribution in [0.3, 0.4) is 0 Å². The third kappa shape index (κ3) is 2.25. The summed E-state index contributed by atoms with van der Waals surface area (Å²) < 4.78 is 13.2. The first kappa shape index (κ1) is 13.3. The van der Waals surface area contributed by atoms with Crippen LogP contribution in [-0.2, 0) is 11.3 Å². The van der Waals surface area contributed by atoms with Gasteiger partial charge in [0.05, 0.1) is 6.54 Å². The molecule has 0 aliphatic carbocycles. The van der Waals surface area contributed by atoms with Crippen LogP contribution in [0.25, 0.3) is 0 Å². The van der Waals surface area contributed by atoms with Crippen molar-refractivity contribution in [1.82, 2.24) is 10.2 Å². The molecule has 1 saturated heterocycles. The number of rotatable bonds is 3. The van der Waals surface area contributed by atoms with Crippen molar-refractivity contribution in [3.8, 4) is 0 Å². The van der Waals surface area contributed by atoms with E-state index in [9.17, 15) is 14.0 Å². The molecule has 6 heteroatoms. The molecule has 0 aromatic heterocycles. The summed E-state index contributed by atoms with van der Waals surface area (Å²) in [6.07, 6.45) is 0.493. The number of nitrogen functional groups attached to an aromatic ring is 1. The second-order valence-corrected chi connectivity index (χ2v) is 4.85. The molecule has 102 valence electrons. The molecule has 5 nitrogen and oxygen atoms in total. The maximum atomic E-state index is 13.2. The fourth-order valence-corrected chi connectivity index (χ4v) is 2.01. The van der Waals surface area contributed by atoms with Crippen molar-refractivity contribution in [3.05, 3.63) is 29.6 Å². The van der Waals surface area contributed by atoms with Crippen molar-refractivity contribution in [3.63, 3.8) is 0 Å². The number of hydrogen-bond acceptors (Lipinski definition) is 3. The summed E-state index contributed by atoms with van der Waals surface area (Å²) in [6, 6.07) is 3.42. The van der Waals surface area contributed by atoms with Crippen LogP contribution in [0.2, 0.25) is 0 Å². The van der Waals surface area contributed by atoms with Gasteiger partial charge in [0.2, 0.25) is 0 Å². The van der Waals surface area contributed by atoms with Gasteiger partial charge in [-0.1, -0.05) is 6.92 Å². The molecule has 1 aliphatic rings. The largest absolute Gasteiger partial charge is 0.398 e. The number of hydrogen-bond donors (Lipinski definition) is 2. The van der Waals surface area contributed by atoms with Gasteiger partial charge in [-0.3, -0.25) is 9.69 Å². The minimum Gasteiger partial charge on any atom is -0.398 e. The number of halogens is 1. The van der Waals surface area contributed by atoms with E-state index in [0.29, 0.717) is 17.7 Å². The molecule has 0 spiro atoms. The lowest BCUT2D eigenvalue weighted by Gasteiger charge is -2.19. The lowest BCUT2D eigenvalue weighted by molar-refractivity contribution is -0.131. The lowest BCUT2D eigenvalue weighted by atomic mass is 9.99. The van der Waals surface area contributed by atoms with Gasteiger partial charge in [-0.15, -0.1) is 0 Å². The average Bonchev–Trinajstić information content (AvgIpc) is 2.58. The quantitative estimate of drug-likeness (QED) is 0.644. The van der Waals surface area contributed by atoms with E-state index in [4.69, 9.17) is 5.73 Å². The summed E-state index contributed by atoms with van der Waals surface area (Å²) in [4.78, 5) is 25.1. The molecule has 1 aliphatic heterocycles. The van der Waals surface area contributed by atoms with Gasteiger partial charge in [0.15, 0.2) is 0 Å². The van der Waals surface area contributed by atoms with E-state index in [0.717, 1.165) is 4.90 Å². The molecule has 1 heterocycles. The summed E-state index contributed by atoms with van der Waals surface area (Å²) in [7, 11) is 0. The first-order chi connectivity index (χ1) is 8.87. The minimum absolute atomic E-state index is 0.0240. The molecule has 1 aromatic rings. The van der Waals surface area contributed by atoms with E-state index in [-0.39, 0.29) is 12.5 Å². The molecule has 0 radical (unpaired) electrons. The van der Waals surface area contributed by atoms with E-state index in [1.807, 2.05) is 6.92 Å². The molecular formula is C13H16FN3O2. The van der Waals surface area contributed by atoms with Crippen LogP contribution in [0.15, 0.2) is 18.2 Å². The second kappa shape index (κ2) is 4.53.